The van der Waals surface area contributed by atoms with Crippen molar-refractivity contribution in [3.63, 3.8) is 0 Å². The fourth-order valence-electron chi connectivity index (χ4n) is 5.51. The zero-order chi connectivity index (χ0) is 20.9. The van der Waals surface area contributed by atoms with E-state index in [2.05, 4.69) is 24.3 Å². The van der Waals surface area contributed by atoms with E-state index in [4.69, 9.17) is 0 Å². The highest BCUT2D eigenvalue weighted by Crippen LogP contribution is 2.35. The van der Waals surface area contributed by atoms with Crippen LogP contribution in [0.25, 0.3) is 20.5 Å². The summed E-state index contributed by atoms with van der Waals surface area (Å²) in [6.45, 7) is 3.80. The van der Waals surface area contributed by atoms with Gasteiger partial charge in [-0.15, -0.1) is 11.3 Å². The number of nitrogens with one attached hydrogen (secondary N) is 1. The highest BCUT2D eigenvalue weighted by molar-refractivity contribution is 7.22. The van der Waals surface area contributed by atoms with Crippen LogP contribution < -0.4 is 10.5 Å². The Labute approximate surface area is 184 Å². The van der Waals surface area contributed by atoms with Gasteiger partial charge in [0.2, 0.25) is 0 Å². The predicted octanol–water partition coefficient (Wildman–Crippen LogP) is 4.07. The Kier molecular flexibility index (Phi) is 4.55. The lowest BCUT2D eigenvalue weighted by atomic mass is 9.82. The van der Waals surface area contributed by atoms with Crippen molar-refractivity contribution >= 4 is 21.4 Å². The first-order valence-electron chi connectivity index (χ1n) is 10.9. The van der Waals surface area contributed by atoms with Crippen LogP contribution in [0.2, 0.25) is 0 Å². The first-order valence-corrected chi connectivity index (χ1v) is 11.8. The van der Waals surface area contributed by atoms with Gasteiger partial charge in [0.1, 0.15) is 12.4 Å². The molecule has 2 aromatic carbocycles. The third kappa shape index (κ3) is 3.42. The molecule has 4 heterocycles. The third-order valence-corrected chi connectivity index (χ3v) is 8.01. The number of fused-ring (bicyclic) bond motifs is 5. The molecule has 0 saturated carbocycles. The summed E-state index contributed by atoms with van der Waals surface area (Å²) in [5.74, 6) is 0.737. The van der Waals surface area contributed by atoms with Crippen molar-refractivity contribution in [3.8, 4) is 10.4 Å². The highest BCUT2D eigenvalue weighted by Gasteiger charge is 2.37. The van der Waals surface area contributed by atoms with Crippen LogP contribution in [-0.4, -0.2) is 17.7 Å². The number of pyridine rings is 1. The van der Waals surface area contributed by atoms with E-state index in [1.807, 2.05) is 34.9 Å². The fraction of sp³-hybridized carbons (Fsp3) is 0.269. The molecule has 5 heteroatoms. The molecule has 1 fully saturated rings. The van der Waals surface area contributed by atoms with Crippen LogP contribution in [0.15, 0.2) is 71.5 Å². The molecule has 2 aliphatic heterocycles. The van der Waals surface area contributed by atoms with Gasteiger partial charge in [-0.25, -0.2) is 4.39 Å². The molecule has 0 radical (unpaired) electrons. The van der Waals surface area contributed by atoms with Gasteiger partial charge < -0.3 is 9.47 Å². The Bertz CT molecular complexity index is 1290. The molecule has 2 aromatic heterocycles. The van der Waals surface area contributed by atoms with Gasteiger partial charge in [0, 0.05) is 39.2 Å². The molecule has 1 unspecified atom stereocenters. The van der Waals surface area contributed by atoms with Crippen molar-refractivity contribution in [2.45, 2.75) is 25.4 Å². The molecule has 3 nitrogen and oxygen atoms in total. The summed E-state index contributed by atoms with van der Waals surface area (Å²) < 4.78 is 16.5. The summed E-state index contributed by atoms with van der Waals surface area (Å²) in [4.78, 5) is 16.0. The molecule has 0 amide bonds. The lowest BCUT2D eigenvalue weighted by Crippen LogP contribution is -3.13. The summed E-state index contributed by atoms with van der Waals surface area (Å²) in [5, 5.41) is 1.20. The second-order valence-corrected chi connectivity index (χ2v) is 10.1. The second-order valence-electron chi connectivity index (χ2n) is 9.00. The largest absolute Gasteiger partial charge is 0.330 e. The number of hydrogen-bond donors (Lipinski definition) is 1. The van der Waals surface area contributed by atoms with Crippen molar-refractivity contribution in [1.29, 1.82) is 0 Å². The van der Waals surface area contributed by atoms with Crippen molar-refractivity contribution < 1.29 is 9.29 Å². The number of piperidine rings is 1. The minimum Gasteiger partial charge on any atom is -0.330 e. The SMILES string of the molecule is O=c1c(-c2cc3ccccc3s2)ccc2n1C[C@H]1C[C@@H]2C[NH+](Cc2ccc(F)cc2)C1. The standard InChI is InChI=1S/C26H23FN2OS/c27-21-7-5-17(6-8-21)13-28-14-18-11-20(16-28)23-10-9-22(26(30)29(23)15-18)25-12-19-3-1-2-4-24(19)31-25/h1-10,12,18,20H,11,13-16H2/p+1/t18-,20+/m0/s1. The van der Waals surface area contributed by atoms with E-state index < -0.39 is 0 Å². The summed E-state index contributed by atoms with van der Waals surface area (Å²) in [6, 6.07) is 21.5. The minimum atomic E-state index is -0.183. The minimum absolute atomic E-state index is 0.153. The lowest BCUT2D eigenvalue weighted by molar-refractivity contribution is -0.924. The van der Waals surface area contributed by atoms with E-state index >= 15 is 0 Å². The molecule has 31 heavy (non-hydrogen) atoms. The molecule has 1 saturated heterocycles. The van der Waals surface area contributed by atoms with Crippen molar-refractivity contribution in [2.75, 3.05) is 13.1 Å². The van der Waals surface area contributed by atoms with Crippen LogP contribution in [-0.2, 0) is 13.1 Å². The summed E-state index contributed by atoms with van der Waals surface area (Å²) in [5.41, 5.74) is 3.33. The van der Waals surface area contributed by atoms with E-state index in [1.165, 1.54) is 26.2 Å². The van der Waals surface area contributed by atoms with Crippen LogP contribution in [0.5, 0.6) is 0 Å². The number of hydrogen-bond acceptors (Lipinski definition) is 2. The molecular formula is C26H24FN2OS+. The van der Waals surface area contributed by atoms with Gasteiger partial charge in [-0.2, -0.15) is 0 Å². The summed E-state index contributed by atoms with van der Waals surface area (Å²) in [7, 11) is 0. The van der Waals surface area contributed by atoms with Gasteiger partial charge in [-0.3, -0.25) is 4.79 Å². The normalized spacial score (nSPS) is 22.4. The molecule has 1 N–H and O–H groups in total. The number of quaternary nitrogens is 1. The fourth-order valence-corrected chi connectivity index (χ4v) is 6.59. The Hall–Kier alpha value is -2.76. The van der Waals surface area contributed by atoms with Crippen molar-refractivity contribution in [1.82, 2.24) is 4.57 Å². The Balaban J connectivity index is 1.30. The molecule has 3 atom stereocenters. The topological polar surface area (TPSA) is 26.4 Å². The monoisotopic (exact) mass is 431 g/mol. The highest BCUT2D eigenvalue weighted by atomic mass is 32.1. The molecular weight excluding hydrogens is 407 g/mol. The van der Waals surface area contributed by atoms with Gasteiger partial charge in [0.05, 0.1) is 18.7 Å². The number of rotatable bonds is 3. The smallest absolute Gasteiger partial charge is 0.259 e. The lowest BCUT2D eigenvalue weighted by Gasteiger charge is -2.40. The van der Waals surface area contributed by atoms with Gasteiger partial charge in [-0.1, -0.05) is 30.3 Å². The van der Waals surface area contributed by atoms with E-state index in [9.17, 15) is 9.18 Å². The van der Waals surface area contributed by atoms with E-state index in [0.29, 0.717) is 11.8 Å². The maximum Gasteiger partial charge on any atom is 0.259 e. The molecule has 6 rings (SSSR count). The average Bonchev–Trinajstić information content (AvgIpc) is 3.20. The second kappa shape index (κ2) is 7.43. The van der Waals surface area contributed by atoms with Gasteiger partial charge >= 0.3 is 0 Å². The average molecular weight is 432 g/mol. The molecule has 156 valence electrons. The Morgan fingerprint density at radius 2 is 1.87 bits per heavy atom. The molecule has 0 aliphatic carbocycles. The number of halogens is 1. The van der Waals surface area contributed by atoms with E-state index in [0.717, 1.165) is 43.0 Å². The zero-order valence-corrected chi connectivity index (χ0v) is 18.0. The first-order chi connectivity index (χ1) is 15.1. The van der Waals surface area contributed by atoms with Crippen LogP contribution in [0.1, 0.15) is 23.6 Å². The maximum atomic E-state index is 13.5. The summed E-state index contributed by atoms with van der Waals surface area (Å²) in [6.07, 6.45) is 1.16. The maximum absolute atomic E-state index is 13.5. The Morgan fingerprint density at radius 1 is 1.03 bits per heavy atom. The first kappa shape index (κ1) is 19.0. The number of nitrogens with zero attached hydrogens (tertiary/aromatic N) is 1. The van der Waals surface area contributed by atoms with Crippen LogP contribution in [0.4, 0.5) is 4.39 Å². The molecule has 2 aliphatic rings. The van der Waals surface area contributed by atoms with Gasteiger partial charge in [-0.05, 0) is 48.2 Å². The number of benzene rings is 2. The molecule has 2 bridgehead atoms. The number of likely N-dealkylation sites (tertiary alicyclic amines) is 1. The van der Waals surface area contributed by atoms with Crippen molar-refractivity contribution in [2.24, 2.45) is 5.92 Å². The van der Waals surface area contributed by atoms with Gasteiger partial charge in [0.25, 0.3) is 5.56 Å². The van der Waals surface area contributed by atoms with Crippen LogP contribution in [0, 0.1) is 11.7 Å². The van der Waals surface area contributed by atoms with E-state index in [-0.39, 0.29) is 11.4 Å². The summed E-state index contributed by atoms with van der Waals surface area (Å²) >= 11 is 1.70. The van der Waals surface area contributed by atoms with Crippen LogP contribution >= 0.6 is 11.3 Å². The van der Waals surface area contributed by atoms with Crippen LogP contribution in [0.3, 0.4) is 0 Å². The zero-order valence-electron chi connectivity index (χ0n) is 17.2. The Morgan fingerprint density at radius 3 is 2.71 bits per heavy atom. The molecule has 0 spiro atoms. The van der Waals surface area contributed by atoms with E-state index in [1.54, 1.807) is 23.5 Å². The number of thiophene rings is 1. The predicted molar refractivity (Wildman–Crippen MR) is 123 cm³/mol. The molecule has 4 aromatic rings. The van der Waals surface area contributed by atoms with Crippen molar-refractivity contribution in [3.05, 3.63) is 94.2 Å². The van der Waals surface area contributed by atoms with Gasteiger partial charge in [0.15, 0.2) is 0 Å². The third-order valence-electron chi connectivity index (χ3n) is 6.86. The quantitative estimate of drug-likeness (QED) is 0.520. The number of aromatic nitrogens is 1.